The number of halogens is 1. The molecular formula is C15H20BrNO2. The van der Waals surface area contributed by atoms with Crippen LogP contribution in [0.5, 0.6) is 5.75 Å². The zero-order chi connectivity index (χ0) is 13.9. The van der Waals surface area contributed by atoms with Crippen molar-refractivity contribution >= 4 is 21.8 Å². The Kier molecular flexibility index (Phi) is 4.50. The number of alkyl halides is 1. The van der Waals surface area contributed by atoms with Gasteiger partial charge in [0.05, 0.1) is 11.1 Å². The molecule has 2 N–H and O–H groups in total. The van der Waals surface area contributed by atoms with Crippen LogP contribution in [0.1, 0.15) is 48.0 Å². The third kappa shape index (κ3) is 3.11. The van der Waals surface area contributed by atoms with Crippen molar-refractivity contribution in [3.05, 3.63) is 29.3 Å². The van der Waals surface area contributed by atoms with Gasteiger partial charge in [0.15, 0.2) is 0 Å². The van der Waals surface area contributed by atoms with Crippen molar-refractivity contribution in [2.45, 2.75) is 44.6 Å². The van der Waals surface area contributed by atoms with Crippen molar-refractivity contribution < 1.29 is 9.90 Å². The molecular weight excluding hydrogens is 306 g/mol. The van der Waals surface area contributed by atoms with Crippen molar-refractivity contribution in [2.24, 2.45) is 0 Å². The van der Waals surface area contributed by atoms with E-state index in [-0.39, 0.29) is 17.2 Å². The predicted octanol–water partition coefficient (Wildman–Crippen LogP) is 3.53. The van der Waals surface area contributed by atoms with E-state index < -0.39 is 0 Å². The molecule has 0 unspecified atom stereocenters. The molecule has 0 bridgehead atoms. The molecule has 2 rings (SSSR count). The summed E-state index contributed by atoms with van der Waals surface area (Å²) in [6.45, 7) is 1.80. The Morgan fingerprint density at radius 2 is 2.05 bits per heavy atom. The Morgan fingerprint density at radius 3 is 2.68 bits per heavy atom. The number of nitrogens with one attached hydrogen (secondary N) is 1. The number of phenols is 1. The maximum atomic E-state index is 12.4. The van der Waals surface area contributed by atoms with Crippen LogP contribution < -0.4 is 5.32 Å². The van der Waals surface area contributed by atoms with Gasteiger partial charge in [0.1, 0.15) is 5.75 Å². The number of aryl methyl sites for hydroxylation is 1. The van der Waals surface area contributed by atoms with Crippen LogP contribution in [0, 0.1) is 6.92 Å². The Balaban J connectivity index is 2.17. The van der Waals surface area contributed by atoms with Crippen LogP contribution in [0.25, 0.3) is 0 Å². The number of aromatic hydroxyl groups is 1. The number of rotatable bonds is 3. The minimum atomic E-state index is -0.178. The van der Waals surface area contributed by atoms with Crippen molar-refractivity contribution in [2.75, 3.05) is 5.33 Å². The van der Waals surface area contributed by atoms with Gasteiger partial charge < -0.3 is 10.4 Å². The summed E-state index contributed by atoms with van der Waals surface area (Å²) in [5.74, 6) is -0.0944. The van der Waals surface area contributed by atoms with Crippen LogP contribution in [0.3, 0.4) is 0 Å². The number of amides is 1. The molecule has 1 aromatic rings. The van der Waals surface area contributed by atoms with Crippen LogP contribution in [0.4, 0.5) is 0 Å². The van der Waals surface area contributed by atoms with Crippen LogP contribution >= 0.6 is 15.9 Å². The minimum absolute atomic E-state index is 0.0838. The fourth-order valence-electron chi connectivity index (χ4n) is 2.67. The quantitative estimate of drug-likeness (QED) is 0.835. The zero-order valence-corrected chi connectivity index (χ0v) is 12.8. The Morgan fingerprint density at radius 1 is 1.37 bits per heavy atom. The lowest BCUT2D eigenvalue weighted by molar-refractivity contribution is 0.0883. The van der Waals surface area contributed by atoms with E-state index in [0.29, 0.717) is 5.56 Å². The van der Waals surface area contributed by atoms with Gasteiger partial charge in [0.25, 0.3) is 5.91 Å². The Hall–Kier alpha value is -1.03. The Labute approximate surface area is 122 Å². The summed E-state index contributed by atoms with van der Waals surface area (Å²) in [5, 5.41) is 13.9. The fraction of sp³-hybridized carbons (Fsp3) is 0.533. The molecule has 0 aromatic heterocycles. The normalized spacial score (nSPS) is 18.0. The SMILES string of the molecule is Cc1cccc(C(=O)NC2(CBr)CCCCC2)c1O. The van der Waals surface area contributed by atoms with Crippen LogP contribution in [-0.4, -0.2) is 21.9 Å². The summed E-state index contributed by atoms with van der Waals surface area (Å²) < 4.78 is 0. The second-order valence-corrected chi connectivity index (χ2v) is 5.96. The molecule has 0 heterocycles. The molecule has 1 fully saturated rings. The second kappa shape index (κ2) is 5.95. The number of hydrogen-bond acceptors (Lipinski definition) is 2. The van der Waals surface area contributed by atoms with Crippen molar-refractivity contribution in [1.82, 2.24) is 5.32 Å². The fourth-order valence-corrected chi connectivity index (χ4v) is 3.37. The minimum Gasteiger partial charge on any atom is -0.507 e. The highest BCUT2D eigenvalue weighted by Gasteiger charge is 2.33. The van der Waals surface area contributed by atoms with E-state index in [9.17, 15) is 9.90 Å². The molecule has 1 amide bonds. The maximum absolute atomic E-state index is 12.4. The summed E-state index contributed by atoms with van der Waals surface area (Å²) in [6, 6.07) is 5.26. The largest absolute Gasteiger partial charge is 0.507 e. The van der Waals surface area contributed by atoms with Crippen LogP contribution in [0.15, 0.2) is 18.2 Å². The first kappa shape index (κ1) is 14.4. The first-order valence-electron chi connectivity index (χ1n) is 6.75. The lowest BCUT2D eigenvalue weighted by Crippen LogP contribution is -2.51. The Bertz CT molecular complexity index is 467. The molecule has 1 aliphatic carbocycles. The summed E-state index contributed by atoms with van der Waals surface area (Å²) in [4.78, 5) is 12.4. The molecule has 4 heteroatoms. The van der Waals surface area contributed by atoms with E-state index in [1.54, 1.807) is 25.1 Å². The predicted molar refractivity (Wildman–Crippen MR) is 79.9 cm³/mol. The lowest BCUT2D eigenvalue weighted by Gasteiger charge is -2.36. The van der Waals surface area contributed by atoms with Gasteiger partial charge >= 0.3 is 0 Å². The third-order valence-corrected chi connectivity index (χ3v) is 5.00. The maximum Gasteiger partial charge on any atom is 0.255 e. The number of phenolic OH excluding ortho intramolecular Hbond substituents is 1. The van der Waals surface area contributed by atoms with Gasteiger partial charge in [-0.2, -0.15) is 0 Å². The van der Waals surface area contributed by atoms with Gasteiger partial charge in [-0.3, -0.25) is 4.79 Å². The van der Waals surface area contributed by atoms with Gasteiger partial charge in [-0.15, -0.1) is 0 Å². The molecule has 0 radical (unpaired) electrons. The molecule has 1 aliphatic rings. The van der Waals surface area contributed by atoms with Crippen molar-refractivity contribution in [1.29, 1.82) is 0 Å². The number of carbonyl (C=O) groups excluding carboxylic acids is 1. The van der Waals surface area contributed by atoms with E-state index >= 15 is 0 Å². The van der Waals surface area contributed by atoms with Gasteiger partial charge in [-0.05, 0) is 31.4 Å². The van der Waals surface area contributed by atoms with Gasteiger partial charge in [0.2, 0.25) is 0 Å². The molecule has 1 aromatic carbocycles. The summed E-state index contributed by atoms with van der Waals surface area (Å²) in [5.41, 5.74) is 0.931. The van der Waals surface area contributed by atoms with E-state index in [4.69, 9.17) is 0 Å². The van der Waals surface area contributed by atoms with Gasteiger partial charge in [0, 0.05) is 5.33 Å². The van der Waals surface area contributed by atoms with E-state index in [2.05, 4.69) is 21.2 Å². The number of benzene rings is 1. The highest BCUT2D eigenvalue weighted by atomic mass is 79.9. The van der Waals surface area contributed by atoms with E-state index in [1.807, 2.05) is 0 Å². The standard InChI is InChI=1S/C15H20BrNO2/c1-11-6-5-7-12(13(11)18)14(19)17-15(10-16)8-3-2-4-9-15/h5-7,18H,2-4,8-10H2,1H3,(H,17,19). The first-order valence-corrected chi connectivity index (χ1v) is 7.87. The molecule has 1 saturated carbocycles. The third-order valence-electron chi connectivity index (χ3n) is 3.93. The van der Waals surface area contributed by atoms with Crippen molar-refractivity contribution in [3.63, 3.8) is 0 Å². The smallest absolute Gasteiger partial charge is 0.255 e. The monoisotopic (exact) mass is 325 g/mol. The highest BCUT2D eigenvalue weighted by Crippen LogP contribution is 2.31. The van der Waals surface area contributed by atoms with Crippen molar-refractivity contribution in [3.8, 4) is 5.75 Å². The number of hydrogen-bond donors (Lipinski definition) is 2. The molecule has 0 saturated heterocycles. The molecule has 0 aliphatic heterocycles. The topological polar surface area (TPSA) is 49.3 Å². The average Bonchev–Trinajstić information content (AvgIpc) is 2.42. The first-order chi connectivity index (χ1) is 9.08. The molecule has 3 nitrogen and oxygen atoms in total. The average molecular weight is 326 g/mol. The number of para-hydroxylation sites is 1. The van der Waals surface area contributed by atoms with Gasteiger partial charge in [-0.1, -0.05) is 47.3 Å². The molecule has 19 heavy (non-hydrogen) atoms. The van der Waals surface area contributed by atoms with Crippen LogP contribution in [-0.2, 0) is 0 Å². The second-order valence-electron chi connectivity index (χ2n) is 5.40. The number of carbonyl (C=O) groups is 1. The summed E-state index contributed by atoms with van der Waals surface area (Å²) >= 11 is 3.52. The van der Waals surface area contributed by atoms with E-state index in [1.165, 1.54) is 6.42 Å². The van der Waals surface area contributed by atoms with Gasteiger partial charge in [-0.25, -0.2) is 0 Å². The lowest BCUT2D eigenvalue weighted by atomic mass is 9.83. The van der Waals surface area contributed by atoms with Crippen LogP contribution in [0.2, 0.25) is 0 Å². The highest BCUT2D eigenvalue weighted by molar-refractivity contribution is 9.09. The summed E-state index contributed by atoms with van der Waals surface area (Å²) in [6.07, 6.45) is 5.52. The molecule has 0 spiro atoms. The molecule has 104 valence electrons. The summed E-state index contributed by atoms with van der Waals surface area (Å²) in [7, 11) is 0. The molecule has 0 atom stereocenters. The zero-order valence-electron chi connectivity index (χ0n) is 11.2. The van der Waals surface area contributed by atoms with E-state index in [0.717, 1.165) is 36.6 Å².